The number of carbonyl (C=O) groups is 1. The van der Waals surface area contributed by atoms with Crippen LogP contribution in [-0.2, 0) is 11.2 Å². The highest BCUT2D eigenvalue weighted by atomic mass is 79.9. The largest absolute Gasteiger partial charge is 0.355 e. The predicted molar refractivity (Wildman–Crippen MR) is 76.2 cm³/mol. The number of benzene rings is 1. The molecule has 1 saturated carbocycles. The summed E-state index contributed by atoms with van der Waals surface area (Å²) in [4.78, 5) is 11.7. The highest BCUT2D eigenvalue weighted by Gasteiger charge is 2.41. The van der Waals surface area contributed by atoms with Crippen molar-refractivity contribution >= 4 is 21.8 Å². The molecule has 0 unspecified atom stereocenters. The number of hydrogen-bond donors (Lipinski definition) is 2. The minimum atomic E-state index is 0.123. The van der Waals surface area contributed by atoms with Crippen LogP contribution in [-0.4, -0.2) is 19.0 Å². The van der Waals surface area contributed by atoms with Crippen LogP contribution in [0.5, 0.6) is 0 Å². The van der Waals surface area contributed by atoms with Crippen molar-refractivity contribution in [3.63, 3.8) is 0 Å². The van der Waals surface area contributed by atoms with Crippen molar-refractivity contribution < 1.29 is 4.79 Å². The molecule has 1 aromatic rings. The van der Waals surface area contributed by atoms with Crippen LogP contribution >= 0.6 is 15.9 Å². The summed E-state index contributed by atoms with van der Waals surface area (Å²) < 4.78 is 1.06. The fourth-order valence-electron chi connectivity index (χ4n) is 1.91. The molecule has 0 atom stereocenters. The van der Waals surface area contributed by atoms with E-state index in [0.717, 1.165) is 30.3 Å². The molecule has 18 heavy (non-hydrogen) atoms. The number of amides is 1. The van der Waals surface area contributed by atoms with Crippen molar-refractivity contribution in [1.82, 2.24) is 5.32 Å². The van der Waals surface area contributed by atoms with E-state index in [1.54, 1.807) is 0 Å². The first-order chi connectivity index (χ1) is 8.63. The van der Waals surface area contributed by atoms with Crippen molar-refractivity contribution in [2.24, 2.45) is 11.1 Å². The quantitative estimate of drug-likeness (QED) is 0.846. The first-order valence-corrected chi connectivity index (χ1v) is 7.14. The standard InChI is InChI=1S/C14H19BrN2O/c15-12-4-1-11(2-5-12)3-6-13(18)17-10-14(9-16)7-8-14/h1-2,4-5H,3,6-10,16H2,(H,17,18). The molecule has 1 aliphatic carbocycles. The average Bonchev–Trinajstić information content (AvgIpc) is 3.16. The van der Waals surface area contributed by atoms with E-state index < -0.39 is 0 Å². The van der Waals surface area contributed by atoms with Gasteiger partial charge >= 0.3 is 0 Å². The van der Waals surface area contributed by atoms with Crippen LogP contribution in [0.1, 0.15) is 24.8 Å². The van der Waals surface area contributed by atoms with Crippen LogP contribution in [0, 0.1) is 5.41 Å². The molecule has 3 nitrogen and oxygen atoms in total. The van der Waals surface area contributed by atoms with E-state index in [2.05, 4.69) is 21.2 Å². The normalized spacial score (nSPS) is 16.3. The Morgan fingerprint density at radius 1 is 1.33 bits per heavy atom. The van der Waals surface area contributed by atoms with Crippen LogP contribution in [0.25, 0.3) is 0 Å². The van der Waals surface area contributed by atoms with E-state index >= 15 is 0 Å². The molecule has 0 heterocycles. The first-order valence-electron chi connectivity index (χ1n) is 6.35. The Labute approximate surface area is 116 Å². The third kappa shape index (κ3) is 3.82. The molecule has 0 saturated heterocycles. The summed E-state index contributed by atoms with van der Waals surface area (Å²) >= 11 is 3.40. The number of nitrogens with one attached hydrogen (secondary N) is 1. The van der Waals surface area contributed by atoms with Gasteiger partial charge in [-0.05, 0) is 48.9 Å². The van der Waals surface area contributed by atoms with Crippen molar-refractivity contribution in [3.05, 3.63) is 34.3 Å². The molecule has 2 rings (SSSR count). The molecule has 0 spiro atoms. The summed E-state index contributed by atoms with van der Waals surface area (Å²) in [7, 11) is 0. The number of hydrogen-bond acceptors (Lipinski definition) is 2. The number of carbonyl (C=O) groups excluding carboxylic acids is 1. The lowest BCUT2D eigenvalue weighted by molar-refractivity contribution is -0.121. The molecule has 0 radical (unpaired) electrons. The number of nitrogens with two attached hydrogens (primary N) is 1. The van der Waals surface area contributed by atoms with Gasteiger partial charge in [0.05, 0.1) is 0 Å². The maximum absolute atomic E-state index is 11.7. The lowest BCUT2D eigenvalue weighted by Crippen LogP contribution is -2.33. The van der Waals surface area contributed by atoms with Gasteiger partial charge in [0.15, 0.2) is 0 Å². The molecular formula is C14H19BrN2O. The summed E-state index contributed by atoms with van der Waals surface area (Å²) in [5, 5.41) is 2.99. The highest BCUT2D eigenvalue weighted by molar-refractivity contribution is 9.10. The van der Waals surface area contributed by atoms with Gasteiger partial charge in [-0.25, -0.2) is 0 Å². The van der Waals surface area contributed by atoms with Crippen LogP contribution < -0.4 is 11.1 Å². The lowest BCUT2D eigenvalue weighted by atomic mass is 10.1. The van der Waals surface area contributed by atoms with Gasteiger partial charge in [0.1, 0.15) is 0 Å². The fraction of sp³-hybridized carbons (Fsp3) is 0.500. The number of rotatable bonds is 6. The Hall–Kier alpha value is -0.870. The zero-order valence-electron chi connectivity index (χ0n) is 10.4. The zero-order valence-corrected chi connectivity index (χ0v) is 12.0. The fourth-order valence-corrected chi connectivity index (χ4v) is 2.18. The molecule has 0 aliphatic heterocycles. The van der Waals surface area contributed by atoms with Crippen molar-refractivity contribution in [2.45, 2.75) is 25.7 Å². The predicted octanol–water partition coefficient (Wildman–Crippen LogP) is 2.24. The second-order valence-corrected chi connectivity index (χ2v) is 6.02. The molecule has 3 N–H and O–H groups in total. The molecule has 1 amide bonds. The molecule has 1 aromatic carbocycles. The van der Waals surface area contributed by atoms with E-state index in [-0.39, 0.29) is 11.3 Å². The molecule has 1 fully saturated rings. The maximum Gasteiger partial charge on any atom is 0.220 e. The summed E-state index contributed by atoms with van der Waals surface area (Å²) in [6.45, 7) is 1.42. The lowest BCUT2D eigenvalue weighted by Gasteiger charge is -2.13. The van der Waals surface area contributed by atoms with Crippen molar-refractivity contribution in [3.8, 4) is 0 Å². The molecule has 1 aliphatic rings. The Morgan fingerprint density at radius 3 is 2.56 bits per heavy atom. The maximum atomic E-state index is 11.7. The third-order valence-electron chi connectivity index (χ3n) is 3.60. The Kier molecular flexibility index (Phi) is 4.40. The molecule has 0 aromatic heterocycles. The van der Waals surface area contributed by atoms with Gasteiger partial charge in [-0.15, -0.1) is 0 Å². The van der Waals surface area contributed by atoms with Crippen molar-refractivity contribution in [1.29, 1.82) is 0 Å². The van der Waals surface area contributed by atoms with E-state index in [1.807, 2.05) is 24.3 Å². The average molecular weight is 311 g/mol. The van der Waals surface area contributed by atoms with Gasteiger partial charge in [0, 0.05) is 17.4 Å². The smallest absolute Gasteiger partial charge is 0.220 e. The van der Waals surface area contributed by atoms with Gasteiger partial charge < -0.3 is 11.1 Å². The third-order valence-corrected chi connectivity index (χ3v) is 4.13. The summed E-state index contributed by atoms with van der Waals surface area (Å²) in [5.41, 5.74) is 7.08. The Balaban J connectivity index is 1.70. The van der Waals surface area contributed by atoms with E-state index in [9.17, 15) is 4.79 Å². The SMILES string of the molecule is NCC1(CNC(=O)CCc2ccc(Br)cc2)CC1. The topological polar surface area (TPSA) is 55.1 Å². The van der Waals surface area contributed by atoms with E-state index in [1.165, 1.54) is 5.56 Å². The molecule has 98 valence electrons. The van der Waals surface area contributed by atoms with Crippen LogP contribution in [0.2, 0.25) is 0 Å². The summed E-state index contributed by atoms with van der Waals surface area (Å²) in [5.74, 6) is 0.123. The van der Waals surface area contributed by atoms with E-state index in [4.69, 9.17) is 5.73 Å². The van der Waals surface area contributed by atoms with Crippen LogP contribution in [0.4, 0.5) is 0 Å². The Morgan fingerprint density at radius 2 is 2.00 bits per heavy atom. The van der Waals surface area contributed by atoms with Crippen molar-refractivity contribution in [2.75, 3.05) is 13.1 Å². The minimum Gasteiger partial charge on any atom is -0.355 e. The van der Waals surface area contributed by atoms with Crippen LogP contribution in [0.15, 0.2) is 28.7 Å². The Bertz CT molecular complexity index is 412. The van der Waals surface area contributed by atoms with Gasteiger partial charge in [-0.3, -0.25) is 4.79 Å². The highest BCUT2D eigenvalue weighted by Crippen LogP contribution is 2.43. The zero-order chi connectivity index (χ0) is 13.0. The first kappa shape index (κ1) is 13.6. The summed E-state index contributed by atoms with van der Waals surface area (Å²) in [6.07, 6.45) is 3.63. The molecular weight excluding hydrogens is 292 g/mol. The monoisotopic (exact) mass is 310 g/mol. The summed E-state index contributed by atoms with van der Waals surface area (Å²) in [6, 6.07) is 8.08. The number of aryl methyl sites for hydroxylation is 1. The van der Waals surface area contributed by atoms with Crippen LogP contribution in [0.3, 0.4) is 0 Å². The molecule has 4 heteroatoms. The van der Waals surface area contributed by atoms with Gasteiger partial charge in [0.2, 0.25) is 5.91 Å². The minimum absolute atomic E-state index is 0.123. The van der Waals surface area contributed by atoms with E-state index in [0.29, 0.717) is 13.0 Å². The van der Waals surface area contributed by atoms with Gasteiger partial charge in [0.25, 0.3) is 0 Å². The second-order valence-electron chi connectivity index (χ2n) is 5.11. The second kappa shape index (κ2) is 5.85. The van der Waals surface area contributed by atoms with Gasteiger partial charge in [-0.1, -0.05) is 28.1 Å². The molecule has 0 bridgehead atoms. The number of halogens is 1. The van der Waals surface area contributed by atoms with Gasteiger partial charge in [-0.2, -0.15) is 0 Å².